The minimum Gasteiger partial charge on any atom is -0.310 e. The van der Waals surface area contributed by atoms with Crippen molar-refractivity contribution in [3.8, 4) is 0 Å². The van der Waals surface area contributed by atoms with E-state index < -0.39 is 10.8 Å². The van der Waals surface area contributed by atoms with E-state index in [1.807, 2.05) is 0 Å². The Hall–Kier alpha value is -0.710. The monoisotopic (exact) mass is 280 g/mol. The fourth-order valence-corrected chi connectivity index (χ4v) is 3.40. The summed E-state index contributed by atoms with van der Waals surface area (Å²) in [6.45, 7) is 8.16. The van der Waals surface area contributed by atoms with Crippen LogP contribution in [0.15, 0.2) is 24.3 Å². The average Bonchev–Trinajstić information content (AvgIpc) is 2.40. The summed E-state index contributed by atoms with van der Waals surface area (Å²) in [6.07, 6.45) is 0. The summed E-state index contributed by atoms with van der Waals surface area (Å²) in [6, 6.07) is 9.13. The van der Waals surface area contributed by atoms with Crippen molar-refractivity contribution >= 4 is 10.8 Å². The van der Waals surface area contributed by atoms with Gasteiger partial charge in [-0.1, -0.05) is 38.1 Å². The van der Waals surface area contributed by atoms with Crippen LogP contribution in [0.1, 0.15) is 25.0 Å². The molecule has 2 rings (SSSR count). The van der Waals surface area contributed by atoms with Crippen molar-refractivity contribution in [3.63, 3.8) is 0 Å². The van der Waals surface area contributed by atoms with E-state index in [2.05, 4.69) is 48.3 Å². The lowest BCUT2D eigenvalue weighted by Gasteiger charge is -2.27. The van der Waals surface area contributed by atoms with Gasteiger partial charge in [-0.15, -0.1) is 0 Å². The maximum absolute atomic E-state index is 11.4. The molecule has 1 aromatic carbocycles. The molecule has 1 fully saturated rings. The normalized spacial score (nSPS) is 18.1. The Kier molecular flexibility index (Phi) is 5.55. The molecule has 0 unspecified atom stereocenters. The van der Waals surface area contributed by atoms with Crippen LogP contribution in [0.3, 0.4) is 0 Å². The lowest BCUT2D eigenvalue weighted by molar-refractivity contribution is 0.290. The summed E-state index contributed by atoms with van der Waals surface area (Å²) in [5, 5.41) is 3.48. The van der Waals surface area contributed by atoms with Crippen LogP contribution >= 0.6 is 0 Å². The fourth-order valence-electron chi connectivity index (χ4n) is 2.27. The molecule has 0 aliphatic carbocycles. The molecular formula is C15H24N2OS. The van der Waals surface area contributed by atoms with Crippen molar-refractivity contribution in [1.82, 2.24) is 10.2 Å². The first kappa shape index (κ1) is 14.7. The molecule has 1 saturated heterocycles. The summed E-state index contributed by atoms with van der Waals surface area (Å²) in [4.78, 5) is 2.41. The number of nitrogens with one attached hydrogen (secondary N) is 1. The second-order valence-electron chi connectivity index (χ2n) is 5.43. The van der Waals surface area contributed by atoms with Gasteiger partial charge in [0.2, 0.25) is 0 Å². The first-order valence-electron chi connectivity index (χ1n) is 7.02. The molecule has 0 radical (unpaired) electrons. The summed E-state index contributed by atoms with van der Waals surface area (Å²) in [5.74, 6) is 1.65. The minimum absolute atomic E-state index is 0.505. The van der Waals surface area contributed by atoms with Crippen molar-refractivity contribution in [1.29, 1.82) is 0 Å². The SMILES string of the molecule is CC(C)NCc1ccccc1CN1CCS(=O)CC1. The molecule has 4 heteroatoms. The van der Waals surface area contributed by atoms with Gasteiger partial charge in [0, 0.05) is 54.5 Å². The van der Waals surface area contributed by atoms with Crippen LogP contribution < -0.4 is 5.32 Å². The van der Waals surface area contributed by atoms with Crippen molar-refractivity contribution in [2.24, 2.45) is 0 Å². The Morgan fingerprint density at radius 3 is 2.47 bits per heavy atom. The smallest absolute Gasteiger partial charge is 0.0363 e. The van der Waals surface area contributed by atoms with Crippen LogP contribution in [-0.2, 0) is 23.9 Å². The highest BCUT2D eigenvalue weighted by Gasteiger charge is 2.16. The van der Waals surface area contributed by atoms with Gasteiger partial charge in [0.1, 0.15) is 0 Å². The highest BCUT2D eigenvalue weighted by atomic mass is 32.2. The number of benzene rings is 1. The molecule has 1 aliphatic heterocycles. The Bertz CT molecular complexity index is 424. The van der Waals surface area contributed by atoms with E-state index >= 15 is 0 Å². The third-order valence-electron chi connectivity index (χ3n) is 3.48. The zero-order valence-electron chi connectivity index (χ0n) is 11.9. The molecule has 0 aromatic heterocycles. The van der Waals surface area contributed by atoms with Gasteiger partial charge in [0.05, 0.1) is 0 Å². The van der Waals surface area contributed by atoms with Gasteiger partial charge in [-0.3, -0.25) is 9.11 Å². The van der Waals surface area contributed by atoms with Crippen LogP contribution in [0, 0.1) is 0 Å². The molecule has 0 atom stereocenters. The first-order valence-corrected chi connectivity index (χ1v) is 8.51. The number of hydrogen-bond acceptors (Lipinski definition) is 3. The largest absolute Gasteiger partial charge is 0.310 e. The van der Waals surface area contributed by atoms with Crippen LogP contribution in [0.4, 0.5) is 0 Å². The predicted molar refractivity (Wildman–Crippen MR) is 81.6 cm³/mol. The Morgan fingerprint density at radius 1 is 1.21 bits per heavy atom. The molecule has 0 spiro atoms. The molecule has 0 amide bonds. The molecule has 0 bridgehead atoms. The lowest BCUT2D eigenvalue weighted by atomic mass is 10.1. The van der Waals surface area contributed by atoms with E-state index in [1.165, 1.54) is 11.1 Å². The summed E-state index contributed by atoms with van der Waals surface area (Å²) in [7, 11) is -0.588. The molecule has 19 heavy (non-hydrogen) atoms. The molecule has 1 N–H and O–H groups in total. The Labute approximate surface area is 118 Å². The number of rotatable bonds is 5. The van der Waals surface area contributed by atoms with E-state index in [0.717, 1.165) is 37.7 Å². The van der Waals surface area contributed by atoms with Gasteiger partial charge in [-0.05, 0) is 11.1 Å². The zero-order valence-corrected chi connectivity index (χ0v) is 12.7. The zero-order chi connectivity index (χ0) is 13.7. The molecule has 106 valence electrons. The maximum atomic E-state index is 11.4. The molecule has 1 heterocycles. The van der Waals surface area contributed by atoms with Gasteiger partial charge in [-0.25, -0.2) is 0 Å². The van der Waals surface area contributed by atoms with Crippen LogP contribution in [-0.4, -0.2) is 39.7 Å². The van der Waals surface area contributed by atoms with E-state index in [1.54, 1.807) is 0 Å². The van der Waals surface area contributed by atoms with Crippen LogP contribution in [0.2, 0.25) is 0 Å². The lowest BCUT2D eigenvalue weighted by Crippen LogP contribution is -2.37. The standard InChI is InChI=1S/C15H24N2OS/c1-13(2)16-11-14-5-3-4-6-15(14)12-17-7-9-19(18)10-8-17/h3-6,13,16H,7-12H2,1-2H3. The van der Waals surface area contributed by atoms with Gasteiger partial charge >= 0.3 is 0 Å². The topological polar surface area (TPSA) is 32.3 Å². The quantitative estimate of drug-likeness (QED) is 0.892. The van der Waals surface area contributed by atoms with Gasteiger partial charge in [-0.2, -0.15) is 0 Å². The fraction of sp³-hybridized carbons (Fsp3) is 0.600. The second kappa shape index (κ2) is 7.17. The van der Waals surface area contributed by atoms with E-state index in [-0.39, 0.29) is 0 Å². The van der Waals surface area contributed by atoms with E-state index in [9.17, 15) is 4.21 Å². The summed E-state index contributed by atoms with van der Waals surface area (Å²) < 4.78 is 11.4. The predicted octanol–water partition coefficient (Wildman–Crippen LogP) is 1.75. The van der Waals surface area contributed by atoms with Crippen molar-refractivity contribution in [2.75, 3.05) is 24.6 Å². The third-order valence-corrected chi connectivity index (χ3v) is 4.76. The molecule has 1 aromatic rings. The van der Waals surface area contributed by atoms with E-state index in [4.69, 9.17) is 0 Å². The maximum Gasteiger partial charge on any atom is 0.0363 e. The highest BCUT2D eigenvalue weighted by molar-refractivity contribution is 7.85. The van der Waals surface area contributed by atoms with Gasteiger partial charge < -0.3 is 5.32 Å². The van der Waals surface area contributed by atoms with Crippen molar-refractivity contribution in [3.05, 3.63) is 35.4 Å². The molecule has 1 aliphatic rings. The number of hydrogen-bond donors (Lipinski definition) is 1. The third kappa shape index (κ3) is 4.71. The second-order valence-corrected chi connectivity index (χ2v) is 7.12. The van der Waals surface area contributed by atoms with Crippen LogP contribution in [0.25, 0.3) is 0 Å². The minimum atomic E-state index is -0.588. The Morgan fingerprint density at radius 2 is 1.84 bits per heavy atom. The van der Waals surface area contributed by atoms with Gasteiger partial charge in [0.25, 0.3) is 0 Å². The molecule has 0 saturated carbocycles. The van der Waals surface area contributed by atoms with Crippen LogP contribution in [0.5, 0.6) is 0 Å². The first-order chi connectivity index (χ1) is 9.15. The number of nitrogens with zero attached hydrogens (tertiary/aromatic N) is 1. The van der Waals surface area contributed by atoms with Crippen molar-refractivity contribution < 1.29 is 4.21 Å². The van der Waals surface area contributed by atoms with Gasteiger partial charge in [0.15, 0.2) is 0 Å². The molecular weight excluding hydrogens is 256 g/mol. The average molecular weight is 280 g/mol. The van der Waals surface area contributed by atoms with E-state index in [0.29, 0.717) is 6.04 Å². The van der Waals surface area contributed by atoms with Crippen molar-refractivity contribution in [2.45, 2.75) is 33.0 Å². The summed E-state index contributed by atoms with van der Waals surface area (Å²) >= 11 is 0. The Balaban J connectivity index is 1.97. The summed E-state index contributed by atoms with van der Waals surface area (Å²) in [5.41, 5.74) is 2.77. The molecule has 3 nitrogen and oxygen atoms in total. The highest BCUT2D eigenvalue weighted by Crippen LogP contribution is 2.13.